The van der Waals surface area contributed by atoms with Gasteiger partial charge in [-0.05, 0) is 117 Å². The van der Waals surface area contributed by atoms with Crippen LogP contribution in [0.2, 0.25) is 0 Å². The zero-order chi connectivity index (χ0) is 59.0. The van der Waals surface area contributed by atoms with Crippen molar-refractivity contribution in [1.29, 1.82) is 0 Å². The maximum Gasteiger partial charge on any atom is 0.159 e. The first-order valence-corrected chi connectivity index (χ1v) is 30.5. The number of fused-ring (bicyclic) bond motifs is 12. The standard InChI is InChI=1S/C80H68N2O4/c1-43(2)59-41-65(81(63-29-19-25-51-47-21-13-15-31-67(47)83-75(51)63)71-45(5)33-35-55-53-23-17-27-61(79(7,8)9)73(53)85-77(55)71)57-40-38-50-60(44(3)4)42-66(58-39-37-49(59)69(57)70(50)58)82(64-30-20-26-52-48-22-14-16-32-68(48)84-76(52)64)72-46(6)34-36-56-54-24-18-28-62(80(10,11)12)74(54)86-78(56)72/h13-44H,1-12H3. The summed E-state index contributed by atoms with van der Waals surface area (Å²) in [5, 5.41) is 15.8. The lowest BCUT2D eigenvalue weighted by Crippen LogP contribution is -2.15. The molecule has 12 aromatic carbocycles. The van der Waals surface area contributed by atoms with Gasteiger partial charge in [-0.15, -0.1) is 0 Å². The second-order valence-corrected chi connectivity index (χ2v) is 26.8. The summed E-state index contributed by atoms with van der Waals surface area (Å²) in [6.45, 7) is 27.4. The van der Waals surface area contributed by atoms with Gasteiger partial charge in [-0.25, -0.2) is 0 Å². The molecule has 0 amide bonds. The van der Waals surface area contributed by atoms with E-state index < -0.39 is 0 Å². The lowest BCUT2D eigenvalue weighted by molar-refractivity contribution is 0.572. The largest absolute Gasteiger partial charge is 0.454 e. The summed E-state index contributed by atoms with van der Waals surface area (Å²) in [5.74, 6) is 0.300. The van der Waals surface area contributed by atoms with Gasteiger partial charge in [0.15, 0.2) is 22.3 Å². The minimum atomic E-state index is -0.157. The molecule has 0 atom stereocenters. The summed E-state index contributed by atoms with van der Waals surface area (Å²) in [6.07, 6.45) is 0. The molecule has 4 aromatic heterocycles. The SMILES string of the molecule is Cc1ccc2c(oc3c(C(C)(C)C)cccc32)c1N(c1cc(C(C)C)c2ccc3c(N(c4cccc5c4oc4ccccc45)c4c(C)ccc5c4oc4c(C(C)(C)C)cccc45)cc(C(C)C)c4ccc1c2c43)c1cccc2c1oc1ccccc12. The molecular formula is C80H68N2O4. The molecule has 6 heteroatoms. The fraction of sp³-hybridized carbons (Fsp3) is 0.200. The molecular weight excluding hydrogens is 1050 g/mol. The van der Waals surface area contributed by atoms with Crippen LogP contribution in [0.15, 0.2) is 200 Å². The summed E-state index contributed by atoms with van der Waals surface area (Å²) in [5.41, 5.74) is 19.5. The number of aryl methyl sites for hydroxylation is 2. The molecule has 6 nitrogen and oxygen atoms in total. The normalized spacial score (nSPS) is 12.9. The molecule has 0 saturated heterocycles. The number of hydrogen-bond donors (Lipinski definition) is 0. The van der Waals surface area contributed by atoms with Gasteiger partial charge < -0.3 is 27.5 Å². The molecule has 16 aromatic rings. The summed E-state index contributed by atoms with van der Waals surface area (Å²) in [7, 11) is 0. The van der Waals surface area contributed by atoms with Gasteiger partial charge in [0, 0.05) is 65.0 Å². The Bertz CT molecular complexity index is 5150. The van der Waals surface area contributed by atoms with Gasteiger partial charge in [-0.2, -0.15) is 0 Å². The minimum absolute atomic E-state index is 0.150. The van der Waals surface area contributed by atoms with Gasteiger partial charge in [0.25, 0.3) is 0 Å². The number of nitrogens with zero attached hydrogens (tertiary/aromatic N) is 2. The smallest absolute Gasteiger partial charge is 0.159 e. The number of benzene rings is 12. The van der Waals surface area contributed by atoms with E-state index in [1.807, 2.05) is 0 Å². The van der Waals surface area contributed by atoms with Gasteiger partial charge >= 0.3 is 0 Å². The van der Waals surface area contributed by atoms with E-state index >= 15 is 0 Å². The average Bonchev–Trinajstić information content (AvgIpc) is 0.893. The van der Waals surface area contributed by atoms with Crippen molar-refractivity contribution in [2.75, 3.05) is 9.80 Å². The van der Waals surface area contributed by atoms with Crippen LogP contribution in [0.25, 0.3) is 120 Å². The van der Waals surface area contributed by atoms with Crippen molar-refractivity contribution in [3.8, 4) is 0 Å². The van der Waals surface area contributed by atoms with Gasteiger partial charge in [0.2, 0.25) is 0 Å². The molecule has 0 spiro atoms. The van der Waals surface area contributed by atoms with Crippen LogP contribution in [0.5, 0.6) is 0 Å². The summed E-state index contributed by atoms with van der Waals surface area (Å²) < 4.78 is 29.0. The van der Waals surface area contributed by atoms with E-state index in [9.17, 15) is 0 Å². The second kappa shape index (κ2) is 18.5. The highest BCUT2D eigenvalue weighted by Gasteiger charge is 2.33. The Morgan fingerprint density at radius 2 is 0.640 bits per heavy atom. The van der Waals surface area contributed by atoms with Crippen LogP contribution < -0.4 is 9.80 Å². The number of para-hydroxylation sites is 6. The van der Waals surface area contributed by atoms with Crippen LogP contribution in [-0.2, 0) is 10.8 Å². The fourth-order valence-electron chi connectivity index (χ4n) is 14.5. The Hall–Kier alpha value is -9.52. The monoisotopic (exact) mass is 1120 g/mol. The first-order chi connectivity index (χ1) is 41.4. The lowest BCUT2D eigenvalue weighted by Gasteiger charge is -2.32. The van der Waals surface area contributed by atoms with Crippen molar-refractivity contribution in [1.82, 2.24) is 0 Å². The Morgan fingerprint density at radius 1 is 0.302 bits per heavy atom. The van der Waals surface area contributed by atoms with Gasteiger partial charge in [0.05, 0.1) is 34.1 Å². The molecule has 0 aliphatic carbocycles. The summed E-state index contributed by atoms with van der Waals surface area (Å²) in [6, 6.07) is 66.8. The molecule has 16 rings (SSSR count). The zero-order valence-corrected chi connectivity index (χ0v) is 51.0. The van der Waals surface area contributed by atoms with Crippen molar-refractivity contribution in [3.05, 3.63) is 215 Å². The number of furan rings is 4. The van der Waals surface area contributed by atoms with Gasteiger partial charge in [0.1, 0.15) is 22.3 Å². The molecule has 0 radical (unpaired) electrons. The lowest BCUT2D eigenvalue weighted by atomic mass is 9.84. The molecule has 0 unspecified atom stereocenters. The maximum atomic E-state index is 7.43. The Kier molecular flexibility index (Phi) is 11.2. The van der Waals surface area contributed by atoms with Crippen LogP contribution in [0, 0.1) is 13.8 Å². The highest BCUT2D eigenvalue weighted by Crippen LogP contribution is 2.56. The van der Waals surface area contributed by atoms with E-state index in [1.165, 1.54) is 43.8 Å². The Balaban J connectivity index is 1.06. The maximum absolute atomic E-state index is 7.43. The third-order valence-electron chi connectivity index (χ3n) is 18.6. The Labute approximate surface area is 500 Å². The highest BCUT2D eigenvalue weighted by atomic mass is 16.3. The third kappa shape index (κ3) is 7.44. The molecule has 0 fully saturated rings. The molecule has 0 N–H and O–H groups in total. The van der Waals surface area contributed by atoms with Crippen molar-refractivity contribution < 1.29 is 17.7 Å². The van der Waals surface area contributed by atoms with Crippen LogP contribution in [0.4, 0.5) is 34.1 Å². The van der Waals surface area contributed by atoms with Gasteiger partial charge in [-0.1, -0.05) is 215 Å². The summed E-state index contributed by atoms with van der Waals surface area (Å²) >= 11 is 0. The fourth-order valence-corrected chi connectivity index (χ4v) is 14.5. The third-order valence-corrected chi connectivity index (χ3v) is 18.6. The zero-order valence-electron chi connectivity index (χ0n) is 51.0. The van der Waals surface area contributed by atoms with E-state index in [1.54, 1.807) is 0 Å². The van der Waals surface area contributed by atoms with Crippen LogP contribution >= 0.6 is 0 Å². The van der Waals surface area contributed by atoms with Crippen LogP contribution in [0.3, 0.4) is 0 Å². The van der Waals surface area contributed by atoms with E-state index in [-0.39, 0.29) is 22.7 Å². The minimum Gasteiger partial charge on any atom is -0.454 e. The Morgan fingerprint density at radius 3 is 1.03 bits per heavy atom. The number of hydrogen-bond acceptors (Lipinski definition) is 6. The molecule has 86 heavy (non-hydrogen) atoms. The van der Waals surface area contributed by atoms with Crippen molar-refractivity contribution in [2.45, 2.75) is 106 Å². The number of rotatable bonds is 8. The quantitative estimate of drug-likeness (QED) is 0.141. The van der Waals surface area contributed by atoms with Crippen molar-refractivity contribution in [2.24, 2.45) is 0 Å². The molecule has 0 bridgehead atoms. The van der Waals surface area contributed by atoms with E-state index in [2.05, 4.69) is 275 Å². The topological polar surface area (TPSA) is 59.0 Å². The van der Waals surface area contributed by atoms with E-state index in [4.69, 9.17) is 17.7 Å². The van der Waals surface area contributed by atoms with Crippen LogP contribution in [0.1, 0.15) is 114 Å². The second-order valence-electron chi connectivity index (χ2n) is 26.8. The molecule has 0 saturated carbocycles. The van der Waals surface area contributed by atoms with E-state index in [0.29, 0.717) is 0 Å². The van der Waals surface area contributed by atoms with Crippen LogP contribution in [-0.4, -0.2) is 0 Å². The highest BCUT2D eigenvalue weighted by molar-refractivity contribution is 6.31. The predicted molar refractivity (Wildman–Crippen MR) is 364 cm³/mol. The predicted octanol–water partition coefficient (Wildman–Crippen LogP) is 24.6. The molecule has 0 aliphatic rings. The molecule has 422 valence electrons. The first-order valence-electron chi connectivity index (χ1n) is 30.5. The number of anilines is 6. The van der Waals surface area contributed by atoms with Crippen molar-refractivity contribution >= 4 is 154 Å². The molecule has 0 aliphatic heterocycles. The summed E-state index contributed by atoms with van der Waals surface area (Å²) in [4.78, 5) is 4.96. The molecule has 4 heterocycles. The van der Waals surface area contributed by atoms with Gasteiger partial charge in [-0.3, -0.25) is 0 Å². The first kappa shape index (κ1) is 52.1. The van der Waals surface area contributed by atoms with Crippen molar-refractivity contribution in [3.63, 3.8) is 0 Å². The average molecular weight is 1120 g/mol. The van der Waals surface area contributed by atoms with E-state index in [0.717, 1.165) is 144 Å².